The topological polar surface area (TPSA) is 42.0 Å². The lowest BCUT2D eigenvalue weighted by atomic mass is 9.80. The Morgan fingerprint density at radius 3 is 2.74 bits per heavy atom. The van der Waals surface area contributed by atoms with Crippen molar-refractivity contribution >= 4 is 33.4 Å². The van der Waals surface area contributed by atoms with Crippen molar-refractivity contribution < 1.29 is 4.79 Å². The average Bonchev–Trinajstić information content (AvgIpc) is 2.56. The second kappa shape index (κ2) is 7.45. The normalized spacial score (nSPS) is 21.0. The van der Waals surface area contributed by atoms with E-state index < -0.39 is 0 Å². The molecule has 0 spiro atoms. The number of carbonyl (C=O) groups is 1. The van der Waals surface area contributed by atoms with E-state index in [0.29, 0.717) is 11.5 Å². The Morgan fingerprint density at radius 2 is 1.96 bits per heavy atom. The number of nitrogens with zero attached hydrogens (tertiary/aromatic N) is 1. The first-order valence-electron chi connectivity index (χ1n) is 7.82. The van der Waals surface area contributed by atoms with Gasteiger partial charge in [0.15, 0.2) is 0 Å². The predicted molar refractivity (Wildman–Crippen MR) is 95.9 cm³/mol. The Morgan fingerprint density at radius 1 is 1.17 bits per heavy atom. The zero-order valence-electron chi connectivity index (χ0n) is 12.6. The number of nitrogens with one attached hydrogen (secondary N) is 1. The molecule has 3 nitrogen and oxygen atoms in total. The van der Waals surface area contributed by atoms with E-state index in [9.17, 15) is 4.79 Å². The highest BCUT2D eigenvalue weighted by Crippen LogP contribution is 2.36. The van der Waals surface area contributed by atoms with Crippen molar-refractivity contribution in [2.45, 2.75) is 37.6 Å². The summed E-state index contributed by atoms with van der Waals surface area (Å²) in [5.74, 6) is 0.172. The number of pyridine rings is 1. The van der Waals surface area contributed by atoms with Gasteiger partial charge in [0, 0.05) is 22.6 Å². The van der Waals surface area contributed by atoms with E-state index in [4.69, 9.17) is 11.6 Å². The molecule has 1 aliphatic rings. The lowest BCUT2D eigenvalue weighted by molar-refractivity contribution is 0.0920. The van der Waals surface area contributed by atoms with Crippen LogP contribution < -0.4 is 5.32 Å². The lowest BCUT2D eigenvalue weighted by Gasteiger charge is -2.33. The van der Waals surface area contributed by atoms with Gasteiger partial charge in [-0.05, 0) is 36.6 Å². The maximum Gasteiger partial charge on any atom is 0.254 e. The lowest BCUT2D eigenvalue weighted by Crippen LogP contribution is -2.41. The molecule has 1 heterocycles. The van der Waals surface area contributed by atoms with Crippen LogP contribution in [0.2, 0.25) is 5.15 Å². The molecule has 0 aliphatic heterocycles. The molecule has 1 N–H and O–H groups in total. The minimum absolute atomic E-state index is 0.117. The molecule has 1 amide bonds. The van der Waals surface area contributed by atoms with Crippen LogP contribution in [0.1, 0.15) is 47.5 Å². The standard InChI is InChI=1S/C18H18BrClN2O/c19-15-9-3-1-6-12(15)13-7-2-4-10-16(13)22-18(23)14-8-5-11-21-17(14)20/h1,3,5-6,8-9,11,13,16H,2,4,7,10H2,(H,22,23)/t13-,16+/m0/s1. The molecule has 1 saturated carbocycles. The Labute approximate surface area is 149 Å². The molecule has 1 aromatic carbocycles. The van der Waals surface area contributed by atoms with Crippen molar-refractivity contribution in [1.29, 1.82) is 0 Å². The number of hydrogen-bond acceptors (Lipinski definition) is 2. The maximum absolute atomic E-state index is 12.5. The minimum Gasteiger partial charge on any atom is -0.349 e. The van der Waals surface area contributed by atoms with Crippen LogP contribution in [0, 0.1) is 0 Å². The number of rotatable bonds is 3. The van der Waals surface area contributed by atoms with Crippen LogP contribution in [0.5, 0.6) is 0 Å². The number of halogens is 2. The molecule has 0 unspecified atom stereocenters. The van der Waals surface area contributed by atoms with Gasteiger partial charge in [-0.2, -0.15) is 0 Å². The predicted octanol–water partition coefficient (Wildman–Crippen LogP) is 4.95. The van der Waals surface area contributed by atoms with Gasteiger partial charge in [-0.25, -0.2) is 4.98 Å². The minimum atomic E-state index is -0.146. The third kappa shape index (κ3) is 3.75. The highest BCUT2D eigenvalue weighted by molar-refractivity contribution is 9.10. The summed E-state index contributed by atoms with van der Waals surface area (Å²) in [6.45, 7) is 0. The van der Waals surface area contributed by atoms with Gasteiger partial charge in [0.2, 0.25) is 0 Å². The van der Waals surface area contributed by atoms with Crippen LogP contribution in [0.15, 0.2) is 47.1 Å². The number of amides is 1. The van der Waals surface area contributed by atoms with E-state index >= 15 is 0 Å². The van der Waals surface area contributed by atoms with Crippen molar-refractivity contribution in [2.24, 2.45) is 0 Å². The molecule has 1 aromatic heterocycles. The molecular formula is C18H18BrClN2O. The molecule has 3 rings (SSSR count). The smallest absolute Gasteiger partial charge is 0.254 e. The highest BCUT2D eigenvalue weighted by atomic mass is 79.9. The monoisotopic (exact) mass is 392 g/mol. The molecular weight excluding hydrogens is 376 g/mol. The summed E-state index contributed by atoms with van der Waals surface area (Å²) in [6.07, 6.45) is 5.96. The number of benzene rings is 1. The molecule has 2 atom stereocenters. The second-order valence-electron chi connectivity index (χ2n) is 5.83. The number of carbonyl (C=O) groups excluding carboxylic acids is 1. The first-order chi connectivity index (χ1) is 11.2. The van der Waals surface area contributed by atoms with E-state index in [1.54, 1.807) is 18.3 Å². The van der Waals surface area contributed by atoms with Crippen LogP contribution in [0.3, 0.4) is 0 Å². The fraction of sp³-hybridized carbons (Fsp3) is 0.333. The third-order valence-corrected chi connectivity index (χ3v) is 5.41. The Hall–Kier alpha value is -1.39. The molecule has 2 aromatic rings. The summed E-state index contributed by atoms with van der Waals surface area (Å²) in [5, 5.41) is 3.42. The second-order valence-corrected chi connectivity index (χ2v) is 7.05. The van der Waals surface area contributed by atoms with Crippen molar-refractivity contribution in [3.8, 4) is 0 Å². The van der Waals surface area contributed by atoms with Crippen LogP contribution >= 0.6 is 27.5 Å². The van der Waals surface area contributed by atoms with Crippen LogP contribution in [0.4, 0.5) is 0 Å². The van der Waals surface area contributed by atoms with E-state index in [-0.39, 0.29) is 17.1 Å². The molecule has 1 fully saturated rings. The zero-order valence-corrected chi connectivity index (χ0v) is 15.0. The zero-order chi connectivity index (χ0) is 16.2. The summed E-state index contributed by atoms with van der Waals surface area (Å²) in [5.41, 5.74) is 1.69. The summed E-state index contributed by atoms with van der Waals surface area (Å²) in [4.78, 5) is 16.5. The first-order valence-corrected chi connectivity index (χ1v) is 8.99. The summed E-state index contributed by atoms with van der Waals surface area (Å²) >= 11 is 9.67. The quantitative estimate of drug-likeness (QED) is 0.749. The van der Waals surface area contributed by atoms with Crippen molar-refractivity contribution in [1.82, 2.24) is 10.3 Å². The highest BCUT2D eigenvalue weighted by Gasteiger charge is 2.29. The van der Waals surface area contributed by atoms with Crippen LogP contribution in [-0.4, -0.2) is 16.9 Å². The summed E-state index contributed by atoms with van der Waals surface area (Å²) in [7, 11) is 0. The van der Waals surface area contributed by atoms with Gasteiger partial charge in [-0.1, -0.05) is 58.6 Å². The van der Waals surface area contributed by atoms with Gasteiger partial charge >= 0.3 is 0 Å². The summed E-state index contributed by atoms with van der Waals surface area (Å²) < 4.78 is 1.10. The molecule has 0 radical (unpaired) electrons. The molecule has 0 saturated heterocycles. The van der Waals surface area contributed by atoms with Crippen LogP contribution in [-0.2, 0) is 0 Å². The summed E-state index contributed by atoms with van der Waals surface area (Å²) in [6, 6.07) is 11.8. The van der Waals surface area contributed by atoms with E-state index in [0.717, 1.165) is 23.7 Å². The largest absolute Gasteiger partial charge is 0.349 e. The van der Waals surface area contributed by atoms with E-state index in [2.05, 4.69) is 38.4 Å². The van der Waals surface area contributed by atoms with Gasteiger partial charge in [0.1, 0.15) is 5.15 Å². The van der Waals surface area contributed by atoms with Gasteiger partial charge in [0.25, 0.3) is 5.91 Å². The SMILES string of the molecule is O=C(N[C@@H]1CCCC[C@H]1c1ccccc1Br)c1cccnc1Cl. The van der Waals surface area contributed by atoms with Gasteiger partial charge in [0.05, 0.1) is 5.56 Å². The van der Waals surface area contributed by atoms with E-state index in [1.807, 2.05) is 12.1 Å². The Bertz CT molecular complexity index is 707. The average molecular weight is 394 g/mol. The third-order valence-electron chi connectivity index (χ3n) is 4.39. The van der Waals surface area contributed by atoms with Gasteiger partial charge < -0.3 is 5.32 Å². The maximum atomic E-state index is 12.5. The Kier molecular flexibility index (Phi) is 5.34. The molecule has 120 valence electrons. The molecule has 5 heteroatoms. The number of hydrogen-bond donors (Lipinski definition) is 1. The number of aromatic nitrogens is 1. The Balaban J connectivity index is 1.81. The first kappa shape index (κ1) is 16.5. The van der Waals surface area contributed by atoms with E-state index in [1.165, 1.54) is 12.0 Å². The van der Waals surface area contributed by atoms with Crippen LogP contribution in [0.25, 0.3) is 0 Å². The van der Waals surface area contributed by atoms with Crippen molar-refractivity contribution in [3.63, 3.8) is 0 Å². The van der Waals surface area contributed by atoms with Gasteiger partial charge in [-0.15, -0.1) is 0 Å². The van der Waals surface area contributed by atoms with Crippen molar-refractivity contribution in [3.05, 3.63) is 63.3 Å². The molecule has 23 heavy (non-hydrogen) atoms. The fourth-order valence-corrected chi connectivity index (χ4v) is 4.04. The van der Waals surface area contributed by atoms with Crippen molar-refractivity contribution in [2.75, 3.05) is 0 Å². The molecule has 0 bridgehead atoms. The fourth-order valence-electron chi connectivity index (χ4n) is 3.25. The van der Waals surface area contributed by atoms with Gasteiger partial charge in [-0.3, -0.25) is 4.79 Å². The molecule has 1 aliphatic carbocycles.